The van der Waals surface area contributed by atoms with Gasteiger partial charge in [-0.15, -0.1) is 0 Å². The molecule has 0 radical (unpaired) electrons. The molecule has 0 atom stereocenters. The molecule has 23 heavy (non-hydrogen) atoms. The van der Waals surface area contributed by atoms with Crippen molar-refractivity contribution in [1.29, 1.82) is 5.41 Å². The number of nitrogens with one attached hydrogen (secondary N) is 2. The summed E-state index contributed by atoms with van der Waals surface area (Å²) < 4.78 is 5.29. The minimum absolute atomic E-state index is 0.0579. The maximum absolute atomic E-state index is 12.5. The van der Waals surface area contributed by atoms with Gasteiger partial charge in [-0.1, -0.05) is 24.3 Å². The van der Waals surface area contributed by atoms with E-state index in [4.69, 9.17) is 9.83 Å². The number of hydrogen-bond acceptors (Lipinski definition) is 4. The van der Waals surface area contributed by atoms with Gasteiger partial charge < -0.3 is 14.8 Å². The molecule has 0 unspecified atom stereocenters. The zero-order valence-corrected chi connectivity index (χ0v) is 12.8. The summed E-state index contributed by atoms with van der Waals surface area (Å²) in [5.74, 6) is -0.477. The van der Waals surface area contributed by atoms with Crippen LogP contribution in [0, 0.1) is 19.3 Å². The maximum atomic E-state index is 12.5. The lowest BCUT2D eigenvalue weighted by Crippen LogP contribution is -2.21. The van der Waals surface area contributed by atoms with Crippen molar-refractivity contribution in [3.63, 3.8) is 0 Å². The largest absolute Gasteiger partial charge is 0.504 e. The quantitative estimate of drug-likeness (QED) is 0.677. The van der Waals surface area contributed by atoms with Crippen LogP contribution in [0.15, 0.2) is 46.9 Å². The summed E-state index contributed by atoms with van der Waals surface area (Å²) in [5, 5.41) is 21.0. The van der Waals surface area contributed by atoms with Gasteiger partial charge in [-0.2, -0.15) is 0 Å². The van der Waals surface area contributed by atoms with Crippen LogP contribution in [0.4, 0.5) is 5.69 Å². The number of carbonyl (C=O) groups excluding carboxylic acids is 1. The van der Waals surface area contributed by atoms with Gasteiger partial charge in [0.05, 0.1) is 0 Å². The molecule has 0 saturated heterocycles. The molecule has 0 aliphatic rings. The minimum atomic E-state index is -0.419. The van der Waals surface area contributed by atoms with Crippen LogP contribution in [0.2, 0.25) is 0 Å². The monoisotopic (exact) mass is 308 g/mol. The number of amides is 1. The number of anilines is 1. The number of hydrogen-bond donors (Lipinski definition) is 3. The van der Waals surface area contributed by atoms with Crippen molar-refractivity contribution in [3.8, 4) is 5.75 Å². The first kappa shape index (κ1) is 14.8. The Morgan fingerprint density at radius 3 is 2.70 bits per heavy atom. The van der Waals surface area contributed by atoms with E-state index in [1.165, 1.54) is 6.07 Å². The molecule has 0 saturated carbocycles. The Labute approximate surface area is 132 Å². The summed E-state index contributed by atoms with van der Waals surface area (Å²) in [6, 6.07) is 12.0. The van der Waals surface area contributed by atoms with E-state index in [1.54, 1.807) is 18.2 Å². The Morgan fingerprint density at radius 2 is 1.91 bits per heavy atom. The Balaban J connectivity index is 2.03. The molecule has 2 aromatic carbocycles. The van der Waals surface area contributed by atoms with Gasteiger partial charge in [0.15, 0.2) is 11.3 Å². The van der Waals surface area contributed by atoms with Crippen LogP contribution in [0.1, 0.15) is 21.5 Å². The third-order valence-electron chi connectivity index (χ3n) is 3.87. The van der Waals surface area contributed by atoms with Crippen molar-refractivity contribution in [1.82, 2.24) is 0 Å². The highest BCUT2D eigenvalue weighted by Gasteiger charge is 2.14. The van der Waals surface area contributed by atoms with Gasteiger partial charge in [0.1, 0.15) is 5.56 Å². The molecule has 0 aliphatic heterocycles. The third-order valence-corrected chi connectivity index (χ3v) is 3.87. The van der Waals surface area contributed by atoms with E-state index in [0.717, 1.165) is 11.1 Å². The zero-order chi connectivity index (χ0) is 16.6. The summed E-state index contributed by atoms with van der Waals surface area (Å²) >= 11 is 0. The molecule has 0 bridgehead atoms. The molecule has 0 fully saturated rings. The Bertz CT molecular complexity index is 974. The average Bonchev–Trinajstić information content (AvgIpc) is 2.52. The van der Waals surface area contributed by atoms with Crippen LogP contribution in [-0.2, 0) is 0 Å². The van der Waals surface area contributed by atoms with E-state index in [1.807, 2.05) is 32.0 Å². The van der Waals surface area contributed by atoms with Crippen LogP contribution in [0.3, 0.4) is 0 Å². The SMILES string of the molecule is Cc1cccc(NC(=O)c2cc3cccc(O)c3oc2=N)c1C. The number of fused-ring (bicyclic) bond motifs is 1. The van der Waals surface area contributed by atoms with Crippen molar-refractivity contribution >= 4 is 22.6 Å². The second-order valence-electron chi connectivity index (χ2n) is 5.39. The predicted molar refractivity (Wildman–Crippen MR) is 87.6 cm³/mol. The highest BCUT2D eigenvalue weighted by Crippen LogP contribution is 2.24. The Morgan fingerprint density at radius 1 is 1.17 bits per heavy atom. The zero-order valence-electron chi connectivity index (χ0n) is 12.8. The van der Waals surface area contributed by atoms with Crippen molar-refractivity contribution in [2.24, 2.45) is 0 Å². The molecule has 0 spiro atoms. The number of aromatic hydroxyl groups is 1. The maximum Gasteiger partial charge on any atom is 0.261 e. The predicted octanol–water partition coefficient (Wildman–Crippen LogP) is 3.49. The van der Waals surface area contributed by atoms with Crippen LogP contribution in [0.25, 0.3) is 11.0 Å². The number of phenolic OH excluding ortho intramolecular Hbond substituents is 1. The second-order valence-corrected chi connectivity index (χ2v) is 5.39. The molecule has 3 N–H and O–H groups in total. The fourth-order valence-electron chi connectivity index (χ4n) is 2.39. The van der Waals surface area contributed by atoms with E-state index in [9.17, 15) is 9.90 Å². The van der Waals surface area contributed by atoms with Crippen LogP contribution < -0.4 is 10.9 Å². The lowest BCUT2D eigenvalue weighted by Gasteiger charge is -2.10. The van der Waals surface area contributed by atoms with E-state index in [2.05, 4.69) is 5.32 Å². The number of phenols is 1. The summed E-state index contributed by atoms with van der Waals surface area (Å²) in [6.07, 6.45) is 0. The first-order valence-electron chi connectivity index (χ1n) is 7.15. The Hall–Kier alpha value is -3.08. The highest BCUT2D eigenvalue weighted by atomic mass is 16.4. The number of benzene rings is 2. The average molecular weight is 308 g/mol. The molecule has 3 aromatic rings. The van der Waals surface area contributed by atoms with Crippen molar-refractivity contribution in [2.45, 2.75) is 13.8 Å². The molecule has 0 aliphatic carbocycles. The molecule has 5 heteroatoms. The molecule has 1 amide bonds. The third kappa shape index (κ3) is 2.68. The Kier molecular flexibility index (Phi) is 3.62. The molecule has 116 valence electrons. The normalized spacial score (nSPS) is 10.7. The second kappa shape index (κ2) is 5.61. The summed E-state index contributed by atoms with van der Waals surface area (Å²) in [6.45, 7) is 3.89. The van der Waals surface area contributed by atoms with Gasteiger partial charge in [0.25, 0.3) is 5.91 Å². The van der Waals surface area contributed by atoms with Crippen LogP contribution >= 0.6 is 0 Å². The van der Waals surface area contributed by atoms with E-state index in [-0.39, 0.29) is 22.5 Å². The fraction of sp³-hybridized carbons (Fsp3) is 0.111. The molecular weight excluding hydrogens is 292 g/mol. The van der Waals surface area contributed by atoms with Gasteiger partial charge >= 0.3 is 0 Å². The summed E-state index contributed by atoms with van der Waals surface area (Å²) in [7, 11) is 0. The molecular formula is C18H16N2O3. The van der Waals surface area contributed by atoms with Crippen LogP contribution in [-0.4, -0.2) is 11.0 Å². The first-order valence-corrected chi connectivity index (χ1v) is 7.15. The number of para-hydroxylation sites is 1. The van der Waals surface area contributed by atoms with Gasteiger partial charge in [-0.25, -0.2) is 0 Å². The molecule has 3 rings (SSSR count). The van der Waals surface area contributed by atoms with E-state index < -0.39 is 5.91 Å². The number of aryl methyl sites for hydroxylation is 1. The smallest absolute Gasteiger partial charge is 0.261 e. The van der Waals surface area contributed by atoms with E-state index >= 15 is 0 Å². The molecule has 1 heterocycles. The summed E-state index contributed by atoms with van der Waals surface area (Å²) in [4.78, 5) is 12.5. The lowest BCUT2D eigenvalue weighted by molar-refractivity contribution is 0.102. The van der Waals surface area contributed by atoms with E-state index in [0.29, 0.717) is 11.1 Å². The lowest BCUT2D eigenvalue weighted by atomic mass is 10.1. The highest BCUT2D eigenvalue weighted by molar-refractivity contribution is 6.05. The van der Waals surface area contributed by atoms with Crippen molar-refractivity contribution < 1.29 is 14.3 Å². The number of rotatable bonds is 2. The van der Waals surface area contributed by atoms with Gasteiger partial charge in [0, 0.05) is 11.1 Å². The van der Waals surface area contributed by atoms with Gasteiger partial charge in [-0.3, -0.25) is 10.2 Å². The van der Waals surface area contributed by atoms with Gasteiger partial charge in [0.2, 0.25) is 5.55 Å². The number of carbonyl (C=O) groups is 1. The van der Waals surface area contributed by atoms with Gasteiger partial charge in [-0.05, 0) is 43.2 Å². The van der Waals surface area contributed by atoms with Crippen molar-refractivity contribution in [2.75, 3.05) is 5.32 Å². The standard InChI is InChI=1S/C18H16N2O3/c1-10-5-3-7-14(11(10)2)20-18(22)13-9-12-6-4-8-15(21)16(12)23-17(13)19/h3-9,19,21H,1-2H3,(H,20,22). The molecule has 5 nitrogen and oxygen atoms in total. The summed E-state index contributed by atoms with van der Waals surface area (Å²) in [5.41, 5.74) is 2.77. The van der Waals surface area contributed by atoms with Crippen LogP contribution in [0.5, 0.6) is 5.75 Å². The minimum Gasteiger partial charge on any atom is -0.504 e. The topological polar surface area (TPSA) is 86.3 Å². The van der Waals surface area contributed by atoms with Crippen molar-refractivity contribution in [3.05, 3.63) is 64.7 Å². The fourth-order valence-corrected chi connectivity index (χ4v) is 2.39. The first-order chi connectivity index (χ1) is 11.0. The molecule has 1 aromatic heterocycles.